The summed E-state index contributed by atoms with van der Waals surface area (Å²) in [6, 6.07) is 7.90. The van der Waals surface area contributed by atoms with Crippen LogP contribution in [0.4, 0.5) is 0 Å². The topological polar surface area (TPSA) is 0 Å². The highest BCUT2D eigenvalue weighted by Crippen LogP contribution is 2.34. The third-order valence-corrected chi connectivity index (χ3v) is 4.65. The number of rotatable bonds is 4. The van der Waals surface area contributed by atoms with Gasteiger partial charge in [0.15, 0.2) is 0 Å². The summed E-state index contributed by atoms with van der Waals surface area (Å²) in [7, 11) is 0. The van der Waals surface area contributed by atoms with E-state index in [1.165, 1.54) is 0 Å². The summed E-state index contributed by atoms with van der Waals surface area (Å²) >= 11 is 23.5. The fourth-order valence-electron chi connectivity index (χ4n) is 1.27. The Kier molecular flexibility index (Phi) is 5.08. The van der Waals surface area contributed by atoms with Gasteiger partial charge in [0, 0.05) is 5.88 Å². The highest BCUT2D eigenvalue weighted by atomic mass is 35.8. The second-order valence-electron chi connectivity index (χ2n) is 3.08. The molecule has 1 aromatic carbocycles. The van der Waals surface area contributed by atoms with Crippen molar-refractivity contribution in [2.45, 2.75) is 12.0 Å². The van der Waals surface area contributed by atoms with Crippen molar-refractivity contribution in [2.24, 2.45) is 0 Å². The number of benzene rings is 1. The lowest BCUT2D eigenvalue weighted by Crippen LogP contribution is -2.15. The standard InChI is InChI=1S/C9H10Cl4Si/c10-6-9(7-14(11,12)13)8-4-2-1-3-5-8/h1-5,9H,6-7H2/t9-/m0/s1. The second kappa shape index (κ2) is 5.62. The first kappa shape index (κ1) is 12.7. The van der Waals surface area contributed by atoms with Crippen LogP contribution in [0.3, 0.4) is 0 Å². The van der Waals surface area contributed by atoms with Crippen LogP contribution in [0.25, 0.3) is 0 Å². The molecule has 0 spiro atoms. The third-order valence-electron chi connectivity index (χ3n) is 1.94. The minimum Gasteiger partial charge on any atom is -0.126 e. The van der Waals surface area contributed by atoms with Crippen LogP contribution in [0.1, 0.15) is 11.5 Å². The van der Waals surface area contributed by atoms with Gasteiger partial charge in [-0.15, -0.1) is 44.8 Å². The molecule has 5 heteroatoms. The van der Waals surface area contributed by atoms with Crippen molar-refractivity contribution >= 4 is 50.8 Å². The van der Waals surface area contributed by atoms with Crippen LogP contribution in [0.15, 0.2) is 30.3 Å². The first-order chi connectivity index (χ1) is 6.53. The van der Waals surface area contributed by atoms with Gasteiger partial charge in [0.05, 0.1) is 0 Å². The van der Waals surface area contributed by atoms with Gasteiger partial charge in [0.2, 0.25) is 0 Å². The normalized spacial score (nSPS) is 14.0. The van der Waals surface area contributed by atoms with Crippen molar-refractivity contribution in [1.82, 2.24) is 0 Å². The van der Waals surface area contributed by atoms with Gasteiger partial charge >= 0.3 is 6.00 Å². The summed E-state index contributed by atoms with van der Waals surface area (Å²) in [6.07, 6.45) is 0. The maximum Gasteiger partial charge on any atom is 0.342 e. The molecule has 14 heavy (non-hydrogen) atoms. The Balaban J connectivity index is 2.73. The van der Waals surface area contributed by atoms with Gasteiger partial charge < -0.3 is 0 Å². The van der Waals surface area contributed by atoms with Gasteiger partial charge in [0.25, 0.3) is 0 Å². The molecule has 0 amide bonds. The van der Waals surface area contributed by atoms with Gasteiger partial charge in [-0.1, -0.05) is 30.3 Å². The highest BCUT2D eigenvalue weighted by molar-refractivity contribution is 7.64. The Bertz CT molecular complexity index is 270. The van der Waals surface area contributed by atoms with E-state index in [2.05, 4.69) is 0 Å². The molecule has 0 nitrogen and oxygen atoms in total. The fraction of sp³-hybridized carbons (Fsp3) is 0.333. The zero-order valence-electron chi connectivity index (χ0n) is 7.39. The highest BCUT2D eigenvalue weighted by Gasteiger charge is 2.29. The first-order valence-corrected chi connectivity index (χ1v) is 9.98. The van der Waals surface area contributed by atoms with Crippen LogP contribution < -0.4 is 0 Å². The smallest absolute Gasteiger partial charge is 0.126 e. The van der Waals surface area contributed by atoms with E-state index >= 15 is 0 Å². The number of halogens is 4. The van der Waals surface area contributed by atoms with E-state index in [4.69, 9.17) is 44.8 Å². The number of hydrogen-bond acceptors (Lipinski definition) is 0. The largest absolute Gasteiger partial charge is 0.342 e. The molecule has 0 aliphatic carbocycles. The third kappa shape index (κ3) is 4.41. The summed E-state index contributed by atoms with van der Waals surface area (Å²) in [5.74, 6) is 0.641. The molecule has 1 atom stereocenters. The van der Waals surface area contributed by atoms with Gasteiger partial charge in [-0.3, -0.25) is 0 Å². The fourth-order valence-corrected chi connectivity index (χ4v) is 4.35. The molecule has 0 aromatic heterocycles. The summed E-state index contributed by atoms with van der Waals surface area (Å²) in [5, 5.41) is 0. The van der Waals surface area contributed by atoms with Gasteiger partial charge in [0.1, 0.15) is 0 Å². The molecule has 0 fully saturated rings. The molecule has 0 N–H and O–H groups in total. The zero-order chi connectivity index (χ0) is 10.6. The molecule has 0 heterocycles. The molecule has 0 bridgehead atoms. The summed E-state index contributed by atoms with van der Waals surface area (Å²) in [5.41, 5.74) is 1.14. The van der Waals surface area contributed by atoms with Crippen molar-refractivity contribution in [3.63, 3.8) is 0 Å². The van der Waals surface area contributed by atoms with E-state index in [9.17, 15) is 0 Å². The van der Waals surface area contributed by atoms with E-state index in [0.29, 0.717) is 11.9 Å². The molecule has 78 valence electrons. The predicted octanol–water partition coefficient (Wildman–Crippen LogP) is 4.66. The molecule has 0 saturated carbocycles. The van der Waals surface area contributed by atoms with E-state index in [0.717, 1.165) is 5.56 Å². The minimum absolute atomic E-state index is 0.150. The molecular formula is C9H10Cl4Si. The predicted molar refractivity (Wildman–Crippen MR) is 68.0 cm³/mol. The second-order valence-corrected chi connectivity index (χ2v) is 12.6. The van der Waals surface area contributed by atoms with E-state index in [1.54, 1.807) is 0 Å². The van der Waals surface area contributed by atoms with E-state index < -0.39 is 6.00 Å². The Morgan fingerprint density at radius 3 is 2.07 bits per heavy atom. The van der Waals surface area contributed by atoms with Crippen molar-refractivity contribution in [1.29, 1.82) is 0 Å². The van der Waals surface area contributed by atoms with Gasteiger partial charge in [-0.2, -0.15) is 0 Å². The average Bonchev–Trinajstić information content (AvgIpc) is 2.14. The van der Waals surface area contributed by atoms with Crippen LogP contribution in [0.5, 0.6) is 0 Å². The lowest BCUT2D eigenvalue weighted by Gasteiger charge is -2.17. The summed E-state index contributed by atoms with van der Waals surface area (Å²) in [6.45, 7) is 0. The Morgan fingerprint density at radius 1 is 1.07 bits per heavy atom. The minimum atomic E-state index is -2.59. The van der Waals surface area contributed by atoms with Crippen molar-refractivity contribution in [3.8, 4) is 0 Å². The van der Waals surface area contributed by atoms with E-state index in [-0.39, 0.29) is 5.92 Å². The summed E-state index contributed by atoms with van der Waals surface area (Å²) < 4.78 is 0. The van der Waals surface area contributed by atoms with Crippen LogP contribution in [0, 0.1) is 0 Å². The molecule has 0 saturated heterocycles. The average molecular weight is 288 g/mol. The Morgan fingerprint density at radius 2 is 1.64 bits per heavy atom. The first-order valence-electron chi connectivity index (χ1n) is 4.20. The van der Waals surface area contributed by atoms with Crippen LogP contribution in [-0.4, -0.2) is 11.9 Å². The molecule has 1 rings (SSSR count). The lowest BCUT2D eigenvalue weighted by atomic mass is 10.0. The molecule has 0 aliphatic heterocycles. The summed E-state index contributed by atoms with van der Waals surface area (Å²) in [4.78, 5) is 0. The Labute approximate surface area is 104 Å². The lowest BCUT2D eigenvalue weighted by molar-refractivity contribution is 0.867. The number of hydrogen-bond donors (Lipinski definition) is 0. The van der Waals surface area contributed by atoms with Crippen molar-refractivity contribution < 1.29 is 0 Å². The SMILES string of the molecule is ClC[C@@H](C[Si](Cl)(Cl)Cl)c1ccccc1. The van der Waals surface area contributed by atoms with Gasteiger partial charge in [-0.25, -0.2) is 0 Å². The maximum absolute atomic E-state index is 5.87. The zero-order valence-corrected chi connectivity index (χ0v) is 11.4. The molecule has 0 radical (unpaired) electrons. The molecule has 1 aromatic rings. The van der Waals surface area contributed by atoms with Crippen molar-refractivity contribution in [2.75, 3.05) is 5.88 Å². The van der Waals surface area contributed by atoms with Crippen LogP contribution >= 0.6 is 44.8 Å². The monoisotopic (exact) mass is 286 g/mol. The van der Waals surface area contributed by atoms with Crippen LogP contribution in [-0.2, 0) is 0 Å². The van der Waals surface area contributed by atoms with E-state index in [1.807, 2.05) is 30.3 Å². The van der Waals surface area contributed by atoms with Crippen molar-refractivity contribution in [3.05, 3.63) is 35.9 Å². The molecule has 0 aliphatic rings. The van der Waals surface area contributed by atoms with Crippen LogP contribution in [0.2, 0.25) is 6.04 Å². The Hall–Kier alpha value is 0.597. The quantitative estimate of drug-likeness (QED) is 0.429. The maximum atomic E-state index is 5.87. The molecule has 0 unspecified atom stereocenters. The molecular weight excluding hydrogens is 278 g/mol. The number of alkyl halides is 1. The van der Waals surface area contributed by atoms with Gasteiger partial charge in [-0.05, 0) is 17.5 Å².